The number of nitrogens with one attached hydrogen (secondary N) is 1. The van der Waals surface area contributed by atoms with Crippen LogP contribution < -0.4 is 9.62 Å². The molecule has 0 aliphatic carbocycles. The lowest BCUT2D eigenvalue weighted by atomic mass is 10.0. The number of amides is 2. The standard InChI is InChI=1S/C34H36ClN3O4S/c1-3-22-36-34(40)32(23-27-10-6-4-7-11-27)37(24-28-12-8-5-9-13-28)33(39)25-38(30-18-16-29(35)17-19-30)43(41,42)31-20-14-26(2)15-21-31/h4-21,32H,3,22-25H2,1-2H3,(H,36,40)/t32-/m1/s1. The van der Waals surface area contributed by atoms with Crippen LogP contribution in [0.4, 0.5) is 5.69 Å². The van der Waals surface area contributed by atoms with Gasteiger partial charge in [0.05, 0.1) is 10.6 Å². The predicted octanol–water partition coefficient (Wildman–Crippen LogP) is 6.01. The lowest BCUT2D eigenvalue weighted by Gasteiger charge is -2.34. The number of carbonyl (C=O) groups is 2. The molecule has 4 aromatic carbocycles. The van der Waals surface area contributed by atoms with Crippen LogP contribution in [-0.4, -0.2) is 44.3 Å². The van der Waals surface area contributed by atoms with Crippen molar-refractivity contribution >= 4 is 39.1 Å². The molecule has 0 fully saturated rings. The minimum Gasteiger partial charge on any atom is -0.354 e. The third-order valence-corrected chi connectivity index (χ3v) is 9.06. The smallest absolute Gasteiger partial charge is 0.264 e. The van der Waals surface area contributed by atoms with E-state index in [-0.39, 0.29) is 29.5 Å². The van der Waals surface area contributed by atoms with Gasteiger partial charge in [0, 0.05) is 24.5 Å². The van der Waals surface area contributed by atoms with Crippen molar-refractivity contribution in [3.63, 3.8) is 0 Å². The molecule has 0 aliphatic rings. The minimum absolute atomic E-state index is 0.0528. The Morgan fingerprint density at radius 1 is 0.814 bits per heavy atom. The van der Waals surface area contributed by atoms with Gasteiger partial charge in [0.2, 0.25) is 11.8 Å². The number of hydrogen-bond donors (Lipinski definition) is 1. The number of hydrogen-bond acceptors (Lipinski definition) is 4. The van der Waals surface area contributed by atoms with E-state index < -0.39 is 28.5 Å². The van der Waals surface area contributed by atoms with Gasteiger partial charge in [0.25, 0.3) is 10.0 Å². The van der Waals surface area contributed by atoms with Gasteiger partial charge in [0.15, 0.2) is 0 Å². The van der Waals surface area contributed by atoms with Crippen LogP contribution in [0, 0.1) is 6.92 Å². The molecule has 0 saturated heterocycles. The SMILES string of the molecule is CCCNC(=O)[C@@H](Cc1ccccc1)N(Cc1ccccc1)C(=O)CN(c1ccc(Cl)cc1)S(=O)(=O)c1ccc(C)cc1. The van der Waals surface area contributed by atoms with E-state index in [1.807, 2.05) is 74.5 Å². The van der Waals surface area contributed by atoms with Crippen LogP contribution in [0.3, 0.4) is 0 Å². The lowest BCUT2D eigenvalue weighted by Crippen LogP contribution is -2.53. The lowest BCUT2D eigenvalue weighted by molar-refractivity contribution is -0.140. The first-order valence-corrected chi connectivity index (χ1v) is 16.0. The number of benzene rings is 4. The van der Waals surface area contributed by atoms with E-state index in [1.54, 1.807) is 36.4 Å². The molecule has 0 unspecified atom stereocenters. The molecule has 4 rings (SSSR count). The fourth-order valence-electron chi connectivity index (χ4n) is 4.67. The maximum atomic E-state index is 14.4. The Bertz CT molecular complexity index is 1600. The van der Waals surface area contributed by atoms with Crippen LogP contribution in [-0.2, 0) is 32.6 Å². The molecule has 1 N–H and O–H groups in total. The van der Waals surface area contributed by atoms with Crippen molar-refractivity contribution in [1.82, 2.24) is 10.2 Å². The summed E-state index contributed by atoms with van der Waals surface area (Å²) in [7, 11) is -4.16. The highest BCUT2D eigenvalue weighted by atomic mass is 35.5. The van der Waals surface area contributed by atoms with Gasteiger partial charge in [0.1, 0.15) is 12.6 Å². The van der Waals surface area contributed by atoms with Crippen LogP contribution in [0.1, 0.15) is 30.0 Å². The summed E-state index contributed by atoms with van der Waals surface area (Å²) in [6.45, 7) is 3.89. The van der Waals surface area contributed by atoms with E-state index in [4.69, 9.17) is 11.6 Å². The van der Waals surface area contributed by atoms with E-state index in [9.17, 15) is 18.0 Å². The molecule has 1 atom stereocenters. The summed E-state index contributed by atoms with van der Waals surface area (Å²) in [5.74, 6) is -0.809. The van der Waals surface area contributed by atoms with Crippen molar-refractivity contribution in [3.8, 4) is 0 Å². The van der Waals surface area contributed by atoms with Gasteiger partial charge >= 0.3 is 0 Å². The highest BCUT2D eigenvalue weighted by molar-refractivity contribution is 7.92. The number of halogens is 1. The maximum absolute atomic E-state index is 14.4. The van der Waals surface area contributed by atoms with Crippen molar-refractivity contribution in [2.45, 2.75) is 44.2 Å². The molecule has 4 aromatic rings. The van der Waals surface area contributed by atoms with E-state index in [0.29, 0.717) is 11.6 Å². The molecule has 0 aliphatic heterocycles. The fraction of sp³-hybridized carbons (Fsp3) is 0.235. The van der Waals surface area contributed by atoms with Crippen LogP contribution in [0.15, 0.2) is 114 Å². The minimum atomic E-state index is -4.16. The van der Waals surface area contributed by atoms with Crippen molar-refractivity contribution in [2.75, 3.05) is 17.4 Å². The van der Waals surface area contributed by atoms with E-state index in [2.05, 4.69) is 5.32 Å². The number of sulfonamides is 1. The first kappa shape index (κ1) is 31.8. The van der Waals surface area contributed by atoms with Gasteiger partial charge in [-0.05, 0) is 60.9 Å². The second kappa shape index (κ2) is 14.8. The Morgan fingerprint density at radius 2 is 1.40 bits per heavy atom. The summed E-state index contributed by atoms with van der Waals surface area (Å²) in [6.07, 6.45) is 0.996. The number of nitrogens with zero attached hydrogens (tertiary/aromatic N) is 2. The van der Waals surface area contributed by atoms with Gasteiger partial charge in [-0.2, -0.15) is 0 Å². The molecule has 0 radical (unpaired) electrons. The Balaban J connectivity index is 1.77. The van der Waals surface area contributed by atoms with Crippen molar-refractivity contribution < 1.29 is 18.0 Å². The third-order valence-electron chi connectivity index (χ3n) is 7.02. The van der Waals surface area contributed by atoms with Crippen LogP contribution in [0.25, 0.3) is 0 Å². The van der Waals surface area contributed by atoms with E-state index >= 15 is 0 Å². The number of aryl methyl sites for hydroxylation is 1. The first-order chi connectivity index (χ1) is 20.7. The second-order valence-electron chi connectivity index (χ2n) is 10.3. The molecule has 224 valence electrons. The summed E-state index contributed by atoms with van der Waals surface area (Å²) < 4.78 is 29.1. The maximum Gasteiger partial charge on any atom is 0.264 e. The average molecular weight is 618 g/mol. The molecule has 0 aromatic heterocycles. The van der Waals surface area contributed by atoms with E-state index in [0.717, 1.165) is 27.4 Å². The van der Waals surface area contributed by atoms with Gasteiger partial charge in [-0.25, -0.2) is 8.42 Å². The highest BCUT2D eigenvalue weighted by Gasteiger charge is 2.34. The molecular weight excluding hydrogens is 582 g/mol. The molecule has 2 amide bonds. The molecule has 0 spiro atoms. The highest BCUT2D eigenvalue weighted by Crippen LogP contribution is 2.26. The van der Waals surface area contributed by atoms with Gasteiger partial charge in [-0.15, -0.1) is 0 Å². The molecule has 9 heteroatoms. The summed E-state index contributed by atoms with van der Waals surface area (Å²) in [5.41, 5.74) is 2.89. The van der Waals surface area contributed by atoms with Crippen LogP contribution in [0.2, 0.25) is 5.02 Å². The summed E-state index contributed by atoms with van der Waals surface area (Å²) in [4.78, 5) is 29.5. The zero-order valence-electron chi connectivity index (χ0n) is 24.3. The number of anilines is 1. The largest absolute Gasteiger partial charge is 0.354 e. The van der Waals surface area contributed by atoms with Gasteiger partial charge < -0.3 is 10.2 Å². The molecule has 7 nitrogen and oxygen atoms in total. The zero-order chi connectivity index (χ0) is 30.8. The molecule has 0 bridgehead atoms. The Kier molecular flexibility index (Phi) is 11.0. The quantitative estimate of drug-likeness (QED) is 0.199. The Labute approximate surface area is 259 Å². The van der Waals surface area contributed by atoms with Crippen LogP contribution >= 0.6 is 11.6 Å². The first-order valence-electron chi connectivity index (χ1n) is 14.2. The van der Waals surface area contributed by atoms with Gasteiger partial charge in [-0.1, -0.05) is 96.9 Å². The fourth-order valence-corrected chi connectivity index (χ4v) is 6.21. The summed E-state index contributed by atoms with van der Waals surface area (Å²) in [5, 5.41) is 3.38. The number of carbonyl (C=O) groups excluding carboxylic acids is 2. The van der Waals surface area contributed by atoms with Crippen molar-refractivity contribution in [1.29, 1.82) is 0 Å². The Morgan fingerprint density at radius 3 is 1.98 bits per heavy atom. The Hall–Kier alpha value is -4.14. The van der Waals surface area contributed by atoms with Crippen LogP contribution in [0.5, 0.6) is 0 Å². The normalized spacial score (nSPS) is 11.9. The molecule has 0 heterocycles. The monoisotopic (exact) mass is 617 g/mol. The second-order valence-corrected chi connectivity index (χ2v) is 12.6. The molecular formula is C34H36ClN3O4S. The average Bonchev–Trinajstić information content (AvgIpc) is 3.02. The number of rotatable bonds is 13. The third kappa shape index (κ3) is 8.46. The summed E-state index contributed by atoms with van der Waals surface area (Å²) in [6, 6.07) is 30.7. The predicted molar refractivity (Wildman–Crippen MR) is 171 cm³/mol. The van der Waals surface area contributed by atoms with Crippen molar-refractivity contribution in [2.24, 2.45) is 0 Å². The molecule has 0 saturated carbocycles. The zero-order valence-corrected chi connectivity index (χ0v) is 25.9. The molecule has 43 heavy (non-hydrogen) atoms. The topological polar surface area (TPSA) is 86.8 Å². The van der Waals surface area contributed by atoms with Crippen molar-refractivity contribution in [3.05, 3.63) is 131 Å². The van der Waals surface area contributed by atoms with Gasteiger partial charge in [-0.3, -0.25) is 13.9 Å². The summed E-state index contributed by atoms with van der Waals surface area (Å²) >= 11 is 6.12. The van der Waals surface area contributed by atoms with E-state index in [1.165, 1.54) is 17.0 Å².